The molecule has 0 aromatic heterocycles. The first-order valence-electron chi connectivity index (χ1n) is 6.99. The molecule has 7 nitrogen and oxygen atoms in total. The molecule has 1 aromatic rings. The number of hydrogen-bond donors (Lipinski definition) is 3. The fraction of sp³-hybridized carbons (Fsp3) is 0.385. The summed E-state index contributed by atoms with van der Waals surface area (Å²) in [6.45, 7) is 0. The van der Waals surface area contributed by atoms with Gasteiger partial charge in [-0.2, -0.15) is 4.72 Å². The molecular weight excluding hydrogens is 362 g/mol. The highest BCUT2D eigenvalue weighted by atomic mass is 35.5. The van der Waals surface area contributed by atoms with E-state index in [1.165, 1.54) is 6.07 Å². The minimum atomic E-state index is -4.11. The normalized spacial score (nSPS) is 26.3. The van der Waals surface area contributed by atoms with E-state index in [2.05, 4.69) is 16.1 Å². The van der Waals surface area contributed by atoms with E-state index in [0.717, 1.165) is 25.3 Å². The third-order valence-electron chi connectivity index (χ3n) is 4.00. The van der Waals surface area contributed by atoms with Crippen molar-refractivity contribution in [1.29, 1.82) is 0 Å². The number of nitrogens with two attached hydrogens (primary N) is 1. The first-order chi connectivity index (χ1) is 10.7. The Bertz CT molecular complexity index is 881. The number of anilines is 1. The van der Waals surface area contributed by atoms with Crippen LogP contribution in [0.5, 0.6) is 0 Å². The number of fused-ring (bicyclic) bond motifs is 1. The average Bonchev–Trinajstić information content (AvgIpc) is 2.45. The Morgan fingerprint density at radius 1 is 1.26 bits per heavy atom. The van der Waals surface area contributed by atoms with Gasteiger partial charge in [0.2, 0.25) is 20.0 Å². The fourth-order valence-electron chi connectivity index (χ4n) is 2.85. The number of hydrogen-bond acceptors (Lipinski definition) is 5. The first-order valence-corrected chi connectivity index (χ1v) is 10.4. The van der Waals surface area contributed by atoms with Gasteiger partial charge in [-0.25, -0.2) is 22.0 Å². The summed E-state index contributed by atoms with van der Waals surface area (Å²) in [5.41, 5.74) is 0.278. The molecule has 1 heterocycles. The zero-order chi connectivity index (χ0) is 16.8. The molecule has 2 aliphatic rings. The van der Waals surface area contributed by atoms with Crippen molar-refractivity contribution in [3.63, 3.8) is 0 Å². The molecule has 2 atom stereocenters. The van der Waals surface area contributed by atoms with Crippen molar-refractivity contribution in [1.82, 2.24) is 4.72 Å². The highest BCUT2D eigenvalue weighted by molar-refractivity contribution is 7.90. The van der Waals surface area contributed by atoms with Gasteiger partial charge < -0.3 is 5.32 Å². The van der Waals surface area contributed by atoms with Gasteiger partial charge in [0.25, 0.3) is 0 Å². The number of rotatable bonds is 2. The van der Waals surface area contributed by atoms with Crippen LogP contribution in [-0.4, -0.2) is 23.0 Å². The van der Waals surface area contributed by atoms with E-state index in [4.69, 9.17) is 16.7 Å². The van der Waals surface area contributed by atoms with E-state index in [0.29, 0.717) is 0 Å². The van der Waals surface area contributed by atoms with Crippen LogP contribution in [0.1, 0.15) is 19.3 Å². The Balaban J connectivity index is 2.05. The van der Waals surface area contributed by atoms with E-state index in [1.54, 1.807) is 0 Å². The zero-order valence-corrected chi connectivity index (χ0v) is 14.4. The van der Waals surface area contributed by atoms with E-state index >= 15 is 0 Å². The molecule has 4 N–H and O–H groups in total. The molecule has 3 rings (SSSR count). The van der Waals surface area contributed by atoms with E-state index < -0.39 is 31.1 Å². The molecule has 1 aromatic carbocycles. The highest BCUT2D eigenvalue weighted by Crippen LogP contribution is 2.36. The topological polar surface area (TPSA) is 118 Å². The summed E-state index contributed by atoms with van der Waals surface area (Å²) >= 11 is 5.95. The minimum Gasteiger partial charge on any atom is -0.368 e. The van der Waals surface area contributed by atoms with Crippen LogP contribution in [0, 0.1) is 5.92 Å². The van der Waals surface area contributed by atoms with Crippen molar-refractivity contribution in [2.75, 3.05) is 5.32 Å². The predicted octanol–water partition coefficient (Wildman–Crippen LogP) is 1.37. The lowest BCUT2D eigenvalue weighted by Gasteiger charge is -2.34. The Hall–Kier alpha value is -1.13. The minimum absolute atomic E-state index is 0.111. The Morgan fingerprint density at radius 2 is 2.00 bits per heavy atom. The zero-order valence-electron chi connectivity index (χ0n) is 12.0. The van der Waals surface area contributed by atoms with Crippen LogP contribution in [-0.2, 0) is 20.0 Å². The maximum Gasteiger partial charge on any atom is 0.244 e. The van der Waals surface area contributed by atoms with Crippen LogP contribution in [0.2, 0.25) is 5.02 Å². The number of benzene rings is 1. The summed E-state index contributed by atoms with van der Waals surface area (Å²) in [6, 6.07) is 2.28. The van der Waals surface area contributed by atoms with Crippen LogP contribution >= 0.6 is 11.6 Å². The maximum absolute atomic E-state index is 12.5. The van der Waals surface area contributed by atoms with Crippen molar-refractivity contribution < 1.29 is 16.8 Å². The van der Waals surface area contributed by atoms with Gasteiger partial charge in [0.15, 0.2) is 0 Å². The van der Waals surface area contributed by atoms with Crippen LogP contribution in [0.3, 0.4) is 0 Å². The summed E-state index contributed by atoms with van der Waals surface area (Å²) in [5, 5.41) is 8.05. The molecule has 1 aliphatic heterocycles. The van der Waals surface area contributed by atoms with Crippen LogP contribution in [0.25, 0.3) is 0 Å². The summed E-state index contributed by atoms with van der Waals surface area (Å²) < 4.78 is 50.5. The highest BCUT2D eigenvalue weighted by Gasteiger charge is 2.35. The van der Waals surface area contributed by atoms with Gasteiger partial charge >= 0.3 is 0 Å². The molecule has 126 valence electrons. The largest absolute Gasteiger partial charge is 0.368 e. The van der Waals surface area contributed by atoms with E-state index in [1.807, 2.05) is 6.08 Å². The Morgan fingerprint density at radius 3 is 2.61 bits per heavy atom. The summed E-state index contributed by atoms with van der Waals surface area (Å²) in [5.74, 6) is 0.111. The van der Waals surface area contributed by atoms with Crippen molar-refractivity contribution in [2.24, 2.45) is 11.1 Å². The lowest BCUT2D eigenvalue weighted by molar-refractivity contribution is 0.387. The first kappa shape index (κ1) is 16.7. The van der Waals surface area contributed by atoms with Gasteiger partial charge in [-0.3, -0.25) is 0 Å². The molecular formula is C13H16ClN3O4S2. The molecule has 0 saturated heterocycles. The number of nitrogens with one attached hydrogen (secondary N) is 2. The van der Waals surface area contributed by atoms with E-state index in [9.17, 15) is 16.8 Å². The molecule has 2 unspecified atom stereocenters. The third-order valence-corrected chi connectivity index (χ3v) is 6.86. The van der Waals surface area contributed by atoms with Gasteiger partial charge in [-0.15, -0.1) is 0 Å². The molecule has 10 heteroatoms. The van der Waals surface area contributed by atoms with Gasteiger partial charge in [-0.1, -0.05) is 23.8 Å². The molecule has 0 spiro atoms. The standard InChI is InChI=1S/C13H16ClN3O4S2/c14-9-6-10-12(7-11(9)22(15,18)19)23(20,21)17-13(16-10)8-4-2-1-3-5-8/h1-2,6-8,13,16-17H,3-5H2,(H2,15,18,19). The van der Waals surface area contributed by atoms with Crippen molar-refractivity contribution in [3.05, 3.63) is 29.3 Å². The van der Waals surface area contributed by atoms with Gasteiger partial charge in [0.1, 0.15) is 9.79 Å². The summed E-state index contributed by atoms with van der Waals surface area (Å²) in [6.07, 6.45) is 6.14. The fourth-order valence-corrected chi connectivity index (χ4v) is 5.42. The molecule has 0 amide bonds. The second-order valence-electron chi connectivity index (χ2n) is 5.61. The van der Waals surface area contributed by atoms with Gasteiger partial charge in [-0.05, 0) is 37.3 Å². The molecule has 0 bridgehead atoms. The Kier molecular flexibility index (Phi) is 4.18. The molecule has 1 aliphatic carbocycles. The van der Waals surface area contributed by atoms with Crippen molar-refractivity contribution >= 4 is 37.3 Å². The number of allylic oxidation sites excluding steroid dienone is 2. The number of primary sulfonamides is 1. The lowest BCUT2D eigenvalue weighted by atomic mass is 9.92. The monoisotopic (exact) mass is 377 g/mol. The molecule has 23 heavy (non-hydrogen) atoms. The predicted molar refractivity (Wildman–Crippen MR) is 87.0 cm³/mol. The lowest BCUT2D eigenvalue weighted by Crippen LogP contribution is -2.49. The molecule has 0 radical (unpaired) electrons. The van der Waals surface area contributed by atoms with E-state index in [-0.39, 0.29) is 21.5 Å². The molecule has 0 fully saturated rings. The second-order valence-corrected chi connectivity index (χ2v) is 9.23. The number of sulfonamides is 2. The quantitative estimate of drug-likeness (QED) is 0.672. The molecule has 0 saturated carbocycles. The van der Waals surface area contributed by atoms with Crippen molar-refractivity contribution in [3.8, 4) is 0 Å². The summed E-state index contributed by atoms with van der Waals surface area (Å²) in [4.78, 5) is -0.585. The van der Waals surface area contributed by atoms with Gasteiger partial charge in [0.05, 0.1) is 16.9 Å². The second kappa shape index (κ2) is 5.75. The van der Waals surface area contributed by atoms with Crippen molar-refractivity contribution in [2.45, 2.75) is 35.2 Å². The summed E-state index contributed by atoms with van der Waals surface area (Å²) in [7, 11) is -7.97. The number of halogens is 1. The maximum atomic E-state index is 12.5. The Labute approximate surface area is 140 Å². The average molecular weight is 378 g/mol. The van der Waals surface area contributed by atoms with Crippen LogP contribution in [0.4, 0.5) is 5.69 Å². The SMILES string of the molecule is NS(=O)(=O)c1cc2c(cc1Cl)NC(C1CC=CCC1)NS2(=O)=O. The van der Waals surface area contributed by atoms with Gasteiger partial charge in [0, 0.05) is 0 Å². The van der Waals surface area contributed by atoms with Crippen LogP contribution < -0.4 is 15.2 Å². The third kappa shape index (κ3) is 3.24. The smallest absolute Gasteiger partial charge is 0.244 e. The van der Waals surface area contributed by atoms with Crippen LogP contribution in [0.15, 0.2) is 34.1 Å².